The van der Waals surface area contributed by atoms with Gasteiger partial charge in [-0.05, 0) is 36.8 Å². The summed E-state index contributed by atoms with van der Waals surface area (Å²) >= 11 is 5.98. The van der Waals surface area contributed by atoms with Crippen LogP contribution in [0.3, 0.4) is 0 Å². The lowest BCUT2D eigenvalue weighted by atomic mass is 10.2. The molecule has 0 amide bonds. The topological polar surface area (TPSA) is 41.5 Å². The number of halogens is 1. The fraction of sp³-hybridized carbons (Fsp3) is 0.200. The average molecular weight is 278 g/mol. The number of aromatic hydroxyl groups is 1. The summed E-state index contributed by atoms with van der Waals surface area (Å²) in [4.78, 5) is 0. The van der Waals surface area contributed by atoms with Crippen LogP contribution in [0.2, 0.25) is 5.02 Å². The number of phenolic OH excluding ortho intramolecular Hbond substituents is 1. The molecule has 0 fully saturated rings. The maximum atomic E-state index is 9.76. The molecule has 0 atom stereocenters. The summed E-state index contributed by atoms with van der Waals surface area (Å²) in [5, 5.41) is 13.3. The zero-order valence-corrected chi connectivity index (χ0v) is 11.4. The summed E-state index contributed by atoms with van der Waals surface area (Å²) in [6, 6.07) is 13.4. The zero-order chi connectivity index (χ0) is 13.7. The van der Waals surface area contributed by atoms with Crippen LogP contribution in [0.15, 0.2) is 42.5 Å². The van der Waals surface area contributed by atoms with Gasteiger partial charge in [-0.15, -0.1) is 0 Å². The van der Waals surface area contributed by atoms with Crippen molar-refractivity contribution < 1.29 is 9.84 Å². The minimum absolute atomic E-state index is 0.00743. The largest absolute Gasteiger partial charge is 0.503 e. The third kappa shape index (κ3) is 3.55. The van der Waals surface area contributed by atoms with Crippen LogP contribution in [0.4, 0.5) is 5.69 Å². The van der Waals surface area contributed by atoms with Gasteiger partial charge in [0.25, 0.3) is 0 Å². The van der Waals surface area contributed by atoms with Crippen molar-refractivity contribution in [1.29, 1.82) is 0 Å². The molecular weight excluding hydrogens is 262 g/mol. The summed E-state index contributed by atoms with van der Waals surface area (Å²) in [5.41, 5.74) is 1.99. The molecule has 2 aromatic rings. The predicted molar refractivity (Wildman–Crippen MR) is 78.1 cm³/mol. The SMILES string of the molecule is CCOc1cc(CNc2ccccc2)cc(Cl)c1O. The first-order valence-electron chi connectivity index (χ1n) is 6.13. The highest BCUT2D eigenvalue weighted by molar-refractivity contribution is 6.32. The smallest absolute Gasteiger partial charge is 0.176 e. The molecule has 0 aliphatic rings. The van der Waals surface area contributed by atoms with E-state index in [1.807, 2.05) is 37.3 Å². The van der Waals surface area contributed by atoms with E-state index in [-0.39, 0.29) is 5.75 Å². The van der Waals surface area contributed by atoms with Gasteiger partial charge in [0, 0.05) is 12.2 Å². The Morgan fingerprint density at radius 2 is 1.95 bits per heavy atom. The van der Waals surface area contributed by atoms with Crippen molar-refractivity contribution in [2.24, 2.45) is 0 Å². The van der Waals surface area contributed by atoms with E-state index in [2.05, 4.69) is 5.32 Å². The first kappa shape index (κ1) is 13.6. The third-order valence-electron chi connectivity index (χ3n) is 2.66. The maximum Gasteiger partial charge on any atom is 0.176 e. The summed E-state index contributed by atoms with van der Waals surface area (Å²) in [7, 11) is 0. The maximum absolute atomic E-state index is 9.76. The first-order chi connectivity index (χ1) is 9.20. The summed E-state index contributed by atoms with van der Waals surface area (Å²) in [6.45, 7) is 2.96. The van der Waals surface area contributed by atoms with Gasteiger partial charge in [-0.2, -0.15) is 0 Å². The van der Waals surface area contributed by atoms with Gasteiger partial charge in [0.1, 0.15) is 0 Å². The Kier molecular flexibility index (Phi) is 4.53. The molecule has 0 heterocycles. The summed E-state index contributed by atoms with van der Waals surface area (Å²) in [6.07, 6.45) is 0. The normalized spacial score (nSPS) is 10.2. The molecule has 2 rings (SSSR count). The molecule has 2 N–H and O–H groups in total. The second kappa shape index (κ2) is 6.34. The van der Waals surface area contributed by atoms with Crippen molar-refractivity contribution in [3.63, 3.8) is 0 Å². The molecule has 19 heavy (non-hydrogen) atoms. The van der Waals surface area contributed by atoms with Crippen molar-refractivity contribution in [2.45, 2.75) is 13.5 Å². The quantitative estimate of drug-likeness (QED) is 0.866. The van der Waals surface area contributed by atoms with Crippen LogP contribution in [0.25, 0.3) is 0 Å². The van der Waals surface area contributed by atoms with Gasteiger partial charge >= 0.3 is 0 Å². The number of benzene rings is 2. The highest BCUT2D eigenvalue weighted by Gasteiger charge is 2.09. The van der Waals surface area contributed by atoms with Crippen molar-refractivity contribution in [3.05, 3.63) is 53.1 Å². The highest BCUT2D eigenvalue weighted by atomic mass is 35.5. The molecule has 0 spiro atoms. The van der Waals surface area contributed by atoms with Gasteiger partial charge < -0.3 is 15.2 Å². The Morgan fingerprint density at radius 3 is 2.63 bits per heavy atom. The van der Waals surface area contributed by atoms with Gasteiger partial charge in [0.05, 0.1) is 11.6 Å². The molecular formula is C15H16ClNO2. The van der Waals surface area contributed by atoms with E-state index >= 15 is 0 Å². The minimum Gasteiger partial charge on any atom is -0.503 e. The summed E-state index contributed by atoms with van der Waals surface area (Å²) < 4.78 is 5.35. The van der Waals surface area contributed by atoms with Gasteiger partial charge in [-0.3, -0.25) is 0 Å². The lowest BCUT2D eigenvalue weighted by Crippen LogP contribution is -2.00. The van der Waals surface area contributed by atoms with E-state index in [0.29, 0.717) is 23.9 Å². The van der Waals surface area contributed by atoms with Crippen molar-refractivity contribution in [3.8, 4) is 11.5 Å². The van der Waals surface area contributed by atoms with Crippen LogP contribution in [0.1, 0.15) is 12.5 Å². The third-order valence-corrected chi connectivity index (χ3v) is 2.95. The second-order valence-corrected chi connectivity index (χ2v) is 4.48. The minimum atomic E-state index is -0.00743. The number of anilines is 1. The van der Waals surface area contributed by atoms with E-state index in [0.717, 1.165) is 11.3 Å². The lowest BCUT2D eigenvalue weighted by molar-refractivity contribution is 0.318. The fourth-order valence-electron chi connectivity index (χ4n) is 1.75. The fourth-order valence-corrected chi connectivity index (χ4v) is 1.99. The van der Waals surface area contributed by atoms with E-state index in [9.17, 15) is 5.11 Å². The summed E-state index contributed by atoms with van der Waals surface area (Å²) in [5.74, 6) is 0.409. The average Bonchev–Trinajstić information content (AvgIpc) is 2.43. The number of hydrogen-bond donors (Lipinski definition) is 2. The van der Waals surface area contributed by atoms with Crippen molar-refractivity contribution in [2.75, 3.05) is 11.9 Å². The molecule has 100 valence electrons. The van der Waals surface area contributed by atoms with Gasteiger partial charge in [0.2, 0.25) is 0 Å². The number of ether oxygens (including phenoxy) is 1. The van der Waals surface area contributed by atoms with Crippen LogP contribution in [-0.2, 0) is 6.54 Å². The molecule has 0 aliphatic heterocycles. The lowest BCUT2D eigenvalue weighted by Gasteiger charge is -2.11. The van der Waals surface area contributed by atoms with E-state index in [1.165, 1.54) is 0 Å². The van der Waals surface area contributed by atoms with Crippen LogP contribution in [-0.4, -0.2) is 11.7 Å². The Balaban J connectivity index is 2.12. The Bertz CT molecular complexity index is 543. The van der Waals surface area contributed by atoms with Crippen LogP contribution in [0.5, 0.6) is 11.5 Å². The number of nitrogens with one attached hydrogen (secondary N) is 1. The Hall–Kier alpha value is -1.87. The number of rotatable bonds is 5. The number of phenols is 1. The Labute approximate surface area is 117 Å². The van der Waals surface area contributed by atoms with E-state index in [4.69, 9.17) is 16.3 Å². The van der Waals surface area contributed by atoms with Crippen LogP contribution < -0.4 is 10.1 Å². The first-order valence-corrected chi connectivity index (χ1v) is 6.51. The molecule has 0 aliphatic carbocycles. The number of hydrogen-bond acceptors (Lipinski definition) is 3. The number of para-hydroxylation sites is 1. The van der Waals surface area contributed by atoms with Crippen LogP contribution >= 0.6 is 11.6 Å². The Morgan fingerprint density at radius 1 is 1.21 bits per heavy atom. The molecule has 0 saturated carbocycles. The molecule has 4 heteroatoms. The van der Waals surface area contributed by atoms with E-state index in [1.54, 1.807) is 12.1 Å². The molecule has 0 unspecified atom stereocenters. The standard InChI is InChI=1S/C15H16ClNO2/c1-2-19-14-9-11(8-13(16)15(14)18)10-17-12-6-4-3-5-7-12/h3-9,17-18H,2,10H2,1H3. The molecule has 2 aromatic carbocycles. The van der Waals surface area contributed by atoms with Gasteiger partial charge in [0.15, 0.2) is 11.5 Å². The van der Waals surface area contributed by atoms with E-state index < -0.39 is 0 Å². The zero-order valence-electron chi connectivity index (χ0n) is 10.7. The predicted octanol–water partition coefficient (Wildman–Crippen LogP) is 4.06. The molecule has 3 nitrogen and oxygen atoms in total. The van der Waals surface area contributed by atoms with Crippen LogP contribution in [0, 0.1) is 0 Å². The molecule has 0 saturated heterocycles. The molecule has 0 aromatic heterocycles. The molecule has 0 radical (unpaired) electrons. The van der Waals surface area contributed by atoms with Gasteiger partial charge in [-0.25, -0.2) is 0 Å². The van der Waals surface area contributed by atoms with Crippen molar-refractivity contribution in [1.82, 2.24) is 0 Å². The monoisotopic (exact) mass is 277 g/mol. The molecule has 0 bridgehead atoms. The second-order valence-electron chi connectivity index (χ2n) is 4.08. The van der Waals surface area contributed by atoms with Gasteiger partial charge in [-0.1, -0.05) is 29.8 Å². The highest BCUT2D eigenvalue weighted by Crippen LogP contribution is 2.35. The van der Waals surface area contributed by atoms with Crippen molar-refractivity contribution >= 4 is 17.3 Å².